The van der Waals surface area contributed by atoms with Gasteiger partial charge in [-0.3, -0.25) is 14.6 Å². The summed E-state index contributed by atoms with van der Waals surface area (Å²) in [6, 6.07) is 4.60. The summed E-state index contributed by atoms with van der Waals surface area (Å²) in [4.78, 5) is 36.8. The van der Waals surface area contributed by atoms with E-state index in [0.717, 1.165) is 12.8 Å². The van der Waals surface area contributed by atoms with Crippen molar-refractivity contribution in [3.63, 3.8) is 0 Å². The molecule has 4 rings (SSSR count). The molecule has 0 bridgehead atoms. The monoisotopic (exact) mass is 388 g/mol. The molecule has 1 saturated carbocycles. The highest BCUT2D eigenvalue weighted by atomic mass is 19.3. The average Bonchev–Trinajstić information content (AvgIpc) is 3.51. The van der Waals surface area contributed by atoms with Crippen LogP contribution in [0.4, 0.5) is 14.5 Å². The number of alkyl halides is 2. The van der Waals surface area contributed by atoms with Crippen molar-refractivity contribution in [2.24, 2.45) is 0 Å². The van der Waals surface area contributed by atoms with Crippen LogP contribution in [0, 0.1) is 0 Å². The predicted octanol–water partition coefficient (Wildman–Crippen LogP) is 2.62. The Morgan fingerprint density at radius 1 is 1.25 bits per heavy atom. The van der Waals surface area contributed by atoms with Gasteiger partial charge in [0.25, 0.3) is 5.91 Å². The van der Waals surface area contributed by atoms with Crippen molar-refractivity contribution in [2.45, 2.75) is 38.5 Å². The van der Waals surface area contributed by atoms with Gasteiger partial charge in [0.15, 0.2) is 0 Å². The first-order valence-electron chi connectivity index (χ1n) is 8.98. The fourth-order valence-electron chi connectivity index (χ4n) is 3.35. The van der Waals surface area contributed by atoms with Gasteiger partial charge in [0.2, 0.25) is 5.91 Å². The molecule has 28 heavy (non-hydrogen) atoms. The third-order valence-corrected chi connectivity index (χ3v) is 4.79. The number of carbonyl (C=O) groups excluding carboxylic acids is 2. The van der Waals surface area contributed by atoms with E-state index in [9.17, 15) is 18.4 Å². The van der Waals surface area contributed by atoms with Gasteiger partial charge in [0, 0.05) is 43.6 Å². The number of hydrogen-bond acceptors (Lipinski definition) is 5. The lowest BCUT2D eigenvalue weighted by atomic mass is 10.1. The van der Waals surface area contributed by atoms with Crippen LogP contribution in [0.5, 0.6) is 5.75 Å². The van der Waals surface area contributed by atoms with E-state index in [4.69, 9.17) is 0 Å². The summed E-state index contributed by atoms with van der Waals surface area (Å²) >= 11 is 0. The number of aromatic nitrogens is 2. The molecule has 2 aliphatic rings. The van der Waals surface area contributed by atoms with Crippen LogP contribution >= 0.6 is 0 Å². The topological polar surface area (TPSA) is 75.6 Å². The molecule has 1 aromatic heterocycles. The molecular formula is C19H18F2N4O3. The molecule has 7 nitrogen and oxygen atoms in total. The lowest BCUT2D eigenvalue weighted by Crippen LogP contribution is -2.41. The molecule has 0 radical (unpaired) electrons. The minimum Gasteiger partial charge on any atom is -0.435 e. The first-order valence-corrected chi connectivity index (χ1v) is 8.98. The molecule has 9 heteroatoms. The summed E-state index contributed by atoms with van der Waals surface area (Å²) in [6.07, 6.45) is 6.26. The smallest absolute Gasteiger partial charge is 0.387 e. The normalized spacial score (nSPS) is 17.2. The van der Waals surface area contributed by atoms with Gasteiger partial charge in [-0.25, -0.2) is 4.98 Å². The number of halogens is 2. The number of ether oxygens (including phenoxy) is 1. The maximum atomic E-state index is 13.0. The van der Waals surface area contributed by atoms with Crippen molar-refractivity contribution < 1.29 is 23.1 Å². The lowest BCUT2D eigenvalue weighted by molar-refractivity contribution is -0.132. The third-order valence-electron chi connectivity index (χ3n) is 4.79. The Kier molecular flexibility index (Phi) is 4.89. The quantitative estimate of drug-likeness (QED) is 0.805. The van der Waals surface area contributed by atoms with Gasteiger partial charge in [-0.2, -0.15) is 8.78 Å². The first-order chi connectivity index (χ1) is 13.5. The summed E-state index contributed by atoms with van der Waals surface area (Å²) in [5.41, 5.74) is 1.28. The zero-order chi connectivity index (χ0) is 19.7. The van der Waals surface area contributed by atoms with Crippen LogP contribution in [0.25, 0.3) is 0 Å². The number of anilines is 1. The first kappa shape index (κ1) is 18.3. The molecule has 146 valence electrons. The van der Waals surface area contributed by atoms with Crippen LogP contribution in [-0.2, 0) is 11.3 Å². The van der Waals surface area contributed by atoms with Crippen LogP contribution in [0.3, 0.4) is 0 Å². The SMILES string of the molecule is O=C(c1cnccn1)N1CCC(=O)N(C2CC2)Cc2cc(OC(F)F)ccc21. The number of nitrogens with zero attached hydrogens (tertiary/aromatic N) is 4. The van der Waals surface area contributed by atoms with Gasteiger partial charge in [-0.15, -0.1) is 0 Å². The Labute approximate surface area is 159 Å². The largest absolute Gasteiger partial charge is 0.435 e. The van der Waals surface area contributed by atoms with Crippen LogP contribution in [0.2, 0.25) is 0 Å². The Morgan fingerprint density at radius 2 is 2.07 bits per heavy atom. The minimum atomic E-state index is -2.95. The highest BCUT2D eigenvalue weighted by molar-refractivity contribution is 6.05. The van der Waals surface area contributed by atoms with E-state index in [0.29, 0.717) is 11.3 Å². The van der Waals surface area contributed by atoms with E-state index >= 15 is 0 Å². The maximum Gasteiger partial charge on any atom is 0.387 e. The number of amides is 2. The van der Waals surface area contributed by atoms with E-state index in [-0.39, 0.29) is 42.9 Å². The van der Waals surface area contributed by atoms with Crippen LogP contribution in [-0.4, -0.2) is 45.9 Å². The molecule has 0 N–H and O–H groups in total. The van der Waals surface area contributed by atoms with Crippen LogP contribution in [0.1, 0.15) is 35.3 Å². The summed E-state index contributed by atoms with van der Waals surface area (Å²) < 4.78 is 29.8. The summed E-state index contributed by atoms with van der Waals surface area (Å²) in [7, 11) is 0. The Hall–Kier alpha value is -3.10. The minimum absolute atomic E-state index is 0.00980. The van der Waals surface area contributed by atoms with Crippen LogP contribution < -0.4 is 9.64 Å². The standard InChI is InChI=1S/C19H18F2N4O3/c20-19(21)28-14-3-4-16-12(9-14)11-25(13-1-2-13)17(26)5-8-24(16)18(27)15-10-22-6-7-23-15/h3-4,6-7,9-10,13,19H,1-2,5,8,11H2. The molecule has 2 amide bonds. The molecule has 2 aromatic rings. The summed E-state index contributed by atoms with van der Waals surface area (Å²) in [6.45, 7) is -2.55. The van der Waals surface area contributed by atoms with Gasteiger partial charge in [0.1, 0.15) is 11.4 Å². The predicted molar refractivity (Wildman–Crippen MR) is 95.0 cm³/mol. The molecular weight excluding hydrogens is 370 g/mol. The fraction of sp³-hybridized carbons (Fsp3) is 0.368. The second kappa shape index (κ2) is 7.49. The van der Waals surface area contributed by atoms with E-state index in [1.54, 1.807) is 11.0 Å². The molecule has 2 heterocycles. The van der Waals surface area contributed by atoms with Gasteiger partial charge in [-0.05, 0) is 36.6 Å². The van der Waals surface area contributed by atoms with Crippen molar-refractivity contribution in [1.29, 1.82) is 0 Å². The van der Waals surface area contributed by atoms with Crippen molar-refractivity contribution in [3.8, 4) is 5.75 Å². The molecule has 0 atom stereocenters. The number of carbonyl (C=O) groups is 2. The lowest BCUT2D eigenvalue weighted by Gasteiger charge is -2.32. The molecule has 0 spiro atoms. The molecule has 0 unspecified atom stereocenters. The Balaban J connectivity index is 1.73. The van der Waals surface area contributed by atoms with Gasteiger partial charge in [0.05, 0.1) is 6.20 Å². The highest BCUT2D eigenvalue weighted by Crippen LogP contribution is 2.35. The van der Waals surface area contributed by atoms with Gasteiger partial charge >= 0.3 is 6.61 Å². The van der Waals surface area contributed by atoms with E-state index in [1.165, 1.54) is 35.6 Å². The van der Waals surface area contributed by atoms with Crippen molar-refractivity contribution in [1.82, 2.24) is 14.9 Å². The van der Waals surface area contributed by atoms with E-state index < -0.39 is 12.5 Å². The highest BCUT2D eigenvalue weighted by Gasteiger charge is 2.35. The van der Waals surface area contributed by atoms with Crippen molar-refractivity contribution in [2.75, 3.05) is 11.4 Å². The Bertz CT molecular complexity index is 890. The Morgan fingerprint density at radius 3 is 2.75 bits per heavy atom. The molecule has 1 aliphatic carbocycles. The van der Waals surface area contributed by atoms with Crippen molar-refractivity contribution in [3.05, 3.63) is 48.0 Å². The summed E-state index contributed by atoms with van der Waals surface area (Å²) in [5.74, 6) is -0.473. The zero-order valence-electron chi connectivity index (χ0n) is 14.9. The van der Waals surface area contributed by atoms with Gasteiger partial charge in [-0.1, -0.05) is 0 Å². The second-order valence-corrected chi connectivity index (χ2v) is 6.72. The second-order valence-electron chi connectivity index (χ2n) is 6.72. The van der Waals surface area contributed by atoms with Gasteiger partial charge < -0.3 is 14.5 Å². The number of benzene rings is 1. The maximum absolute atomic E-state index is 13.0. The zero-order valence-corrected chi connectivity index (χ0v) is 14.9. The molecule has 0 saturated heterocycles. The number of hydrogen-bond donors (Lipinski definition) is 0. The molecule has 1 aromatic carbocycles. The molecule has 1 aliphatic heterocycles. The van der Waals surface area contributed by atoms with E-state index in [2.05, 4.69) is 14.7 Å². The average molecular weight is 388 g/mol. The van der Waals surface area contributed by atoms with Crippen molar-refractivity contribution >= 4 is 17.5 Å². The fourth-order valence-corrected chi connectivity index (χ4v) is 3.35. The van der Waals surface area contributed by atoms with Crippen LogP contribution in [0.15, 0.2) is 36.8 Å². The number of rotatable bonds is 4. The molecule has 1 fully saturated rings. The summed E-state index contributed by atoms with van der Waals surface area (Å²) in [5, 5.41) is 0. The number of fused-ring (bicyclic) bond motifs is 1. The third kappa shape index (κ3) is 3.78. The van der Waals surface area contributed by atoms with E-state index in [1.807, 2.05) is 0 Å².